The predicted octanol–water partition coefficient (Wildman–Crippen LogP) is 2.07. The Morgan fingerprint density at radius 2 is 2.09 bits per heavy atom. The van der Waals surface area contributed by atoms with Gasteiger partial charge in [-0.2, -0.15) is 0 Å². The van der Waals surface area contributed by atoms with Crippen LogP contribution in [-0.2, 0) is 6.54 Å². The van der Waals surface area contributed by atoms with Gasteiger partial charge in [0.05, 0.1) is 22.7 Å². The van der Waals surface area contributed by atoms with E-state index in [1.54, 1.807) is 31.2 Å². The normalized spacial score (nSPS) is 10.7. The van der Waals surface area contributed by atoms with Gasteiger partial charge in [0.1, 0.15) is 5.76 Å². The monoisotopic (exact) mass is 312 g/mol. The van der Waals surface area contributed by atoms with E-state index >= 15 is 0 Å². The molecule has 1 amide bonds. The lowest BCUT2D eigenvalue weighted by molar-refractivity contribution is 0.0960. The van der Waals surface area contributed by atoms with Crippen molar-refractivity contribution in [3.63, 3.8) is 0 Å². The van der Waals surface area contributed by atoms with E-state index in [0.717, 1.165) is 0 Å². The number of rotatable bonds is 4. The molecule has 0 saturated carbocycles. The fourth-order valence-electron chi connectivity index (χ4n) is 2.36. The van der Waals surface area contributed by atoms with Crippen molar-refractivity contribution >= 4 is 22.8 Å². The summed E-state index contributed by atoms with van der Waals surface area (Å²) in [5.41, 5.74) is 6.09. The first-order chi connectivity index (χ1) is 11.1. The standard InChI is InChI=1S/C16H16N4O3/c1-3-20-15(22)12-6-4-5-7-13(12)17-16(20)19-18-14(21)11-8-9-23-10(11)2/h4-9H,3H2,1-2H3,(H,17,19)(H,18,21). The van der Waals surface area contributed by atoms with Crippen molar-refractivity contribution in [1.29, 1.82) is 0 Å². The van der Waals surface area contributed by atoms with E-state index in [-0.39, 0.29) is 17.4 Å². The summed E-state index contributed by atoms with van der Waals surface area (Å²) < 4.78 is 6.56. The van der Waals surface area contributed by atoms with Crippen LogP contribution in [0.2, 0.25) is 0 Å². The highest BCUT2D eigenvalue weighted by molar-refractivity contribution is 5.95. The van der Waals surface area contributed by atoms with Crippen molar-refractivity contribution in [3.05, 3.63) is 58.3 Å². The second-order valence-electron chi connectivity index (χ2n) is 4.97. The van der Waals surface area contributed by atoms with Crippen LogP contribution in [0.4, 0.5) is 5.95 Å². The number of nitrogens with zero attached hydrogens (tertiary/aromatic N) is 2. The molecule has 0 atom stereocenters. The summed E-state index contributed by atoms with van der Waals surface area (Å²) >= 11 is 0. The van der Waals surface area contributed by atoms with Gasteiger partial charge in [-0.15, -0.1) is 0 Å². The largest absolute Gasteiger partial charge is 0.469 e. The summed E-state index contributed by atoms with van der Waals surface area (Å²) in [5, 5.41) is 0.539. The minimum absolute atomic E-state index is 0.158. The number of fused-ring (bicyclic) bond motifs is 1. The molecular weight excluding hydrogens is 296 g/mol. The molecule has 0 bridgehead atoms. The molecule has 118 valence electrons. The number of para-hydroxylation sites is 1. The third kappa shape index (κ3) is 2.68. The van der Waals surface area contributed by atoms with Crippen LogP contribution in [0.3, 0.4) is 0 Å². The number of hydrazine groups is 1. The maximum atomic E-state index is 12.5. The highest BCUT2D eigenvalue weighted by atomic mass is 16.3. The van der Waals surface area contributed by atoms with Crippen molar-refractivity contribution < 1.29 is 9.21 Å². The Bertz CT molecular complexity index is 926. The van der Waals surface area contributed by atoms with Crippen LogP contribution >= 0.6 is 0 Å². The number of aromatic nitrogens is 2. The first kappa shape index (κ1) is 14.8. The van der Waals surface area contributed by atoms with Crippen molar-refractivity contribution in [2.45, 2.75) is 20.4 Å². The molecule has 7 nitrogen and oxygen atoms in total. The number of anilines is 1. The van der Waals surface area contributed by atoms with Gasteiger partial charge in [0.15, 0.2) is 0 Å². The highest BCUT2D eigenvalue weighted by Crippen LogP contribution is 2.11. The van der Waals surface area contributed by atoms with Gasteiger partial charge in [0, 0.05) is 6.54 Å². The minimum atomic E-state index is -0.360. The molecule has 0 saturated heterocycles. The molecule has 0 spiro atoms. The lowest BCUT2D eigenvalue weighted by Crippen LogP contribution is -2.34. The summed E-state index contributed by atoms with van der Waals surface area (Å²) in [5.74, 6) is 0.440. The molecule has 0 aliphatic rings. The Morgan fingerprint density at radius 1 is 1.30 bits per heavy atom. The third-order valence-corrected chi connectivity index (χ3v) is 3.57. The molecule has 2 N–H and O–H groups in total. The number of hydrogen-bond acceptors (Lipinski definition) is 5. The average molecular weight is 312 g/mol. The maximum absolute atomic E-state index is 12.5. The van der Waals surface area contributed by atoms with E-state index < -0.39 is 0 Å². The highest BCUT2D eigenvalue weighted by Gasteiger charge is 2.13. The van der Waals surface area contributed by atoms with Gasteiger partial charge >= 0.3 is 0 Å². The smallest absolute Gasteiger partial charge is 0.273 e. The van der Waals surface area contributed by atoms with Crippen LogP contribution < -0.4 is 16.4 Å². The number of hydrogen-bond donors (Lipinski definition) is 2. The molecule has 0 fully saturated rings. The zero-order chi connectivity index (χ0) is 16.4. The van der Waals surface area contributed by atoms with Gasteiger partial charge in [-0.3, -0.25) is 25.0 Å². The lowest BCUT2D eigenvalue weighted by Gasteiger charge is -2.13. The number of nitrogens with one attached hydrogen (secondary N) is 2. The first-order valence-electron chi connectivity index (χ1n) is 7.22. The summed E-state index contributed by atoms with van der Waals surface area (Å²) in [7, 11) is 0. The molecule has 0 unspecified atom stereocenters. The topological polar surface area (TPSA) is 89.2 Å². The van der Waals surface area contributed by atoms with Gasteiger partial charge in [0.2, 0.25) is 5.95 Å². The van der Waals surface area contributed by atoms with Crippen LogP contribution in [0, 0.1) is 6.92 Å². The molecule has 3 aromatic rings. The minimum Gasteiger partial charge on any atom is -0.469 e. The van der Waals surface area contributed by atoms with Crippen molar-refractivity contribution in [1.82, 2.24) is 15.0 Å². The molecule has 3 rings (SSSR count). The maximum Gasteiger partial charge on any atom is 0.273 e. The summed E-state index contributed by atoms with van der Waals surface area (Å²) in [4.78, 5) is 29.0. The molecule has 0 aliphatic heterocycles. The molecule has 2 aromatic heterocycles. The average Bonchev–Trinajstić information content (AvgIpc) is 2.99. The van der Waals surface area contributed by atoms with Crippen LogP contribution in [0.15, 0.2) is 45.8 Å². The van der Waals surface area contributed by atoms with E-state index in [9.17, 15) is 9.59 Å². The third-order valence-electron chi connectivity index (χ3n) is 3.57. The number of furan rings is 1. The summed E-state index contributed by atoms with van der Waals surface area (Å²) in [6, 6.07) is 8.66. The Kier molecular flexibility index (Phi) is 3.84. The van der Waals surface area contributed by atoms with E-state index in [1.807, 2.05) is 13.0 Å². The van der Waals surface area contributed by atoms with Crippen LogP contribution in [0.25, 0.3) is 10.9 Å². The number of carbonyl (C=O) groups excluding carboxylic acids is 1. The zero-order valence-corrected chi connectivity index (χ0v) is 12.8. The van der Waals surface area contributed by atoms with Gasteiger partial charge in [0.25, 0.3) is 11.5 Å². The van der Waals surface area contributed by atoms with Gasteiger partial charge < -0.3 is 4.42 Å². The Balaban J connectivity index is 1.92. The Labute approximate surface area is 131 Å². The zero-order valence-electron chi connectivity index (χ0n) is 12.8. The number of amides is 1. The number of aryl methyl sites for hydroxylation is 1. The Hall–Kier alpha value is -3.09. The lowest BCUT2D eigenvalue weighted by atomic mass is 10.2. The molecular formula is C16H16N4O3. The summed E-state index contributed by atoms with van der Waals surface area (Å²) in [6.07, 6.45) is 1.44. The second kappa shape index (κ2) is 5.96. The van der Waals surface area contributed by atoms with E-state index in [1.165, 1.54) is 10.8 Å². The fraction of sp³-hybridized carbons (Fsp3) is 0.188. The molecule has 0 radical (unpaired) electrons. The molecule has 7 heteroatoms. The molecule has 0 aliphatic carbocycles. The first-order valence-corrected chi connectivity index (χ1v) is 7.22. The summed E-state index contributed by atoms with van der Waals surface area (Å²) in [6.45, 7) is 3.97. The van der Waals surface area contributed by atoms with E-state index in [4.69, 9.17) is 4.42 Å². The van der Waals surface area contributed by atoms with Crippen LogP contribution in [-0.4, -0.2) is 15.5 Å². The van der Waals surface area contributed by atoms with E-state index in [0.29, 0.717) is 28.8 Å². The molecule has 23 heavy (non-hydrogen) atoms. The molecule has 2 heterocycles. The van der Waals surface area contributed by atoms with E-state index in [2.05, 4.69) is 15.8 Å². The quantitative estimate of drug-likeness (QED) is 0.720. The fourth-order valence-corrected chi connectivity index (χ4v) is 2.36. The SMILES string of the molecule is CCn1c(NNC(=O)c2ccoc2C)nc2ccccc2c1=O. The predicted molar refractivity (Wildman–Crippen MR) is 86.2 cm³/mol. The van der Waals surface area contributed by atoms with Crippen molar-refractivity contribution in [3.8, 4) is 0 Å². The van der Waals surface area contributed by atoms with Gasteiger partial charge in [-0.1, -0.05) is 12.1 Å². The van der Waals surface area contributed by atoms with Crippen molar-refractivity contribution in [2.24, 2.45) is 0 Å². The molecule has 1 aromatic carbocycles. The Morgan fingerprint density at radius 3 is 2.78 bits per heavy atom. The second-order valence-corrected chi connectivity index (χ2v) is 4.97. The van der Waals surface area contributed by atoms with Crippen LogP contribution in [0.5, 0.6) is 0 Å². The van der Waals surface area contributed by atoms with Crippen molar-refractivity contribution in [2.75, 3.05) is 5.43 Å². The van der Waals surface area contributed by atoms with Crippen LogP contribution in [0.1, 0.15) is 23.0 Å². The van der Waals surface area contributed by atoms with Gasteiger partial charge in [-0.05, 0) is 32.0 Å². The number of carbonyl (C=O) groups is 1. The van der Waals surface area contributed by atoms with Gasteiger partial charge in [-0.25, -0.2) is 4.98 Å². The number of benzene rings is 1.